The Morgan fingerprint density at radius 2 is 2.11 bits per heavy atom. The van der Waals surface area contributed by atoms with Crippen molar-refractivity contribution >= 4 is 33.9 Å². The third-order valence-corrected chi connectivity index (χ3v) is 3.87. The number of nitrogens with two attached hydrogens (primary N) is 1. The van der Waals surface area contributed by atoms with E-state index in [4.69, 9.17) is 5.73 Å². The summed E-state index contributed by atoms with van der Waals surface area (Å²) in [6.07, 6.45) is 0. The Balaban J connectivity index is 2.18. The first-order chi connectivity index (χ1) is 9.11. The average Bonchev–Trinajstić information content (AvgIpc) is 2.81. The van der Waals surface area contributed by atoms with Crippen molar-refractivity contribution in [3.05, 3.63) is 35.2 Å². The van der Waals surface area contributed by atoms with Gasteiger partial charge in [0.05, 0.1) is 0 Å². The Morgan fingerprint density at radius 1 is 1.42 bits per heavy atom. The highest BCUT2D eigenvalue weighted by molar-refractivity contribution is 7.18. The highest BCUT2D eigenvalue weighted by atomic mass is 32.1. The highest BCUT2D eigenvalue weighted by Crippen LogP contribution is 2.28. The SMILES string of the molecule is CCN(C)c1nc(N)c(C(=O)Nc2ccccc2)s1. The van der Waals surface area contributed by atoms with Crippen LogP contribution in [0.3, 0.4) is 0 Å². The van der Waals surface area contributed by atoms with Crippen molar-refractivity contribution in [2.45, 2.75) is 6.92 Å². The van der Waals surface area contributed by atoms with Crippen LogP contribution in [0.1, 0.15) is 16.6 Å². The number of carbonyl (C=O) groups excluding carboxylic acids is 1. The number of nitrogen functional groups attached to an aromatic ring is 1. The van der Waals surface area contributed by atoms with Gasteiger partial charge in [-0.15, -0.1) is 0 Å². The number of hydrogen-bond donors (Lipinski definition) is 2. The van der Waals surface area contributed by atoms with Gasteiger partial charge in [-0.1, -0.05) is 29.5 Å². The van der Waals surface area contributed by atoms with Gasteiger partial charge in [-0.3, -0.25) is 4.79 Å². The van der Waals surface area contributed by atoms with Crippen molar-refractivity contribution in [3.8, 4) is 0 Å². The maximum atomic E-state index is 12.1. The first kappa shape index (κ1) is 13.4. The van der Waals surface area contributed by atoms with Gasteiger partial charge in [0.15, 0.2) is 5.13 Å². The third-order valence-electron chi connectivity index (χ3n) is 2.68. The summed E-state index contributed by atoms with van der Waals surface area (Å²) in [5.41, 5.74) is 6.54. The van der Waals surface area contributed by atoms with Crippen LogP contribution in [0.15, 0.2) is 30.3 Å². The fraction of sp³-hybridized carbons (Fsp3) is 0.231. The molecule has 0 aliphatic rings. The molecule has 6 heteroatoms. The molecule has 1 heterocycles. The van der Waals surface area contributed by atoms with Crippen LogP contribution in [0.4, 0.5) is 16.6 Å². The number of nitrogens with zero attached hydrogens (tertiary/aromatic N) is 2. The topological polar surface area (TPSA) is 71.2 Å². The Labute approximate surface area is 116 Å². The summed E-state index contributed by atoms with van der Waals surface area (Å²) in [5, 5.41) is 3.55. The molecule has 0 saturated heterocycles. The Hall–Kier alpha value is -2.08. The van der Waals surface area contributed by atoms with Crippen LogP contribution in [0.5, 0.6) is 0 Å². The molecule has 0 atom stereocenters. The number of amides is 1. The molecule has 3 N–H and O–H groups in total. The molecule has 5 nitrogen and oxygen atoms in total. The first-order valence-corrected chi connectivity index (χ1v) is 6.77. The molecule has 2 rings (SSSR count). The summed E-state index contributed by atoms with van der Waals surface area (Å²) in [4.78, 5) is 18.7. The molecule has 0 aliphatic carbocycles. The number of carbonyl (C=O) groups is 1. The lowest BCUT2D eigenvalue weighted by Gasteiger charge is -2.10. The van der Waals surface area contributed by atoms with Crippen LogP contribution < -0.4 is 16.0 Å². The molecule has 0 aliphatic heterocycles. The maximum Gasteiger partial charge on any atom is 0.269 e. The van der Waals surface area contributed by atoms with E-state index in [9.17, 15) is 4.79 Å². The van der Waals surface area contributed by atoms with E-state index >= 15 is 0 Å². The number of hydrogen-bond acceptors (Lipinski definition) is 5. The number of benzene rings is 1. The molecular formula is C13H16N4OS. The molecule has 1 aromatic carbocycles. The zero-order valence-corrected chi connectivity index (χ0v) is 11.7. The minimum atomic E-state index is -0.225. The van der Waals surface area contributed by atoms with Crippen LogP contribution in [0.25, 0.3) is 0 Å². The second-order valence-electron chi connectivity index (χ2n) is 4.05. The zero-order chi connectivity index (χ0) is 13.8. The second-order valence-corrected chi connectivity index (χ2v) is 5.02. The van der Waals surface area contributed by atoms with E-state index < -0.39 is 0 Å². The average molecular weight is 276 g/mol. The van der Waals surface area contributed by atoms with E-state index in [0.717, 1.165) is 17.4 Å². The van der Waals surface area contributed by atoms with Gasteiger partial charge in [0.25, 0.3) is 5.91 Å². The van der Waals surface area contributed by atoms with E-state index in [1.54, 1.807) is 0 Å². The maximum absolute atomic E-state index is 12.1. The molecule has 0 radical (unpaired) electrons. The van der Waals surface area contributed by atoms with Crippen LogP contribution in [0, 0.1) is 0 Å². The zero-order valence-electron chi connectivity index (χ0n) is 10.9. The van der Waals surface area contributed by atoms with Gasteiger partial charge in [0, 0.05) is 19.3 Å². The summed E-state index contributed by atoms with van der Waals surface area (Å²) in [7, 11) is 1.91. The molecule has 19 heavy (non-hydrogen) atoms. The van der Waals surface area contributed by atoms with Gasteiger partial charge in [-0.2, -0.15) is 0 Å². The minimum Gasteiger partial charge on any atom is -0.382 e. The molecule has 0 saturated carbocycles. The lowest BCUT2D eigenvalue weighted by atomic mass is 10.3. The van der Waals surface area contributed by atoms with E-state index in [1.807, 2.05) is 49.2 Å². The van der Waals surface area contributed by atoms with Gasteiger partial charge in [0.2, 0.25) is 0 Å². The monoisotopic (exact) mass is 276 g/mol. The second kappa shape index (κ2) is 5.71. The highest BCUT2D eigenvalue weighted by Gasteiger charge is 2.17. The molecule has 0 fully saturated rings. The number of para-hydroxylation sites is 1. The van der Waals surface area contributed by atoms with Crippen LogP contribution in [-0.4, -0.2) is 24.5 Å². The van der Waals surface area contributed by atoms with Crippen molar-refractivity contribution in [2.24, 2.45) is 0 Å². The summed E-state index contributed by atoms with van der Waals surface area (Å²) in [5.74, 6) is 0.0469. The molecule has 1 aromatic heterocycles. The lowest BCUT2D eigenvalue weighted by Crippen LogP contribution is -2.15. The number of anilines is 3. The lowest BCUT2D eigenvalue weighted by molar-refractivity contribution is 0.103. The number of rotatable bonds is 4. The van der Waals surface area contributed by atoms with Gasteiger partial charge >= 0.3 is 0 Å². The fourth-order valence-corrected chi connectivity index (χ4v) is 2.40. The summed E-state index contributed by atoms with van der Waals surface area (Å²) in [6, 6.07) is 9.28. The van der Waals surface area contributed by atoms with Crippen LogP contribution >= 0.6 is 11.3 Å². The van der Waals surface area contributed by atoms with E-state index in [1.165, 1.54) is 11.3 Å². The van der Waals surface area contributed by atoms with Crippen molar-refractivity contribution in [3.63, 3.8) is 0 Å². The predicted octanol–water partition coefficient (Wildman–Crippen LogP) is 2.43. The van der Waals surface area contributed by atoms with E-state index in [0.29, 0.717) is 4.88 Å². The molecule has 2 aromatic rings. The van der Waals surface area contributed by atoms with Gasteiger partial charge in [0.1, 0.15) is 10.7 Å². The standard InChI is InChI=1S/C13H16N4OS/c1-3-17(2)13-16-11(14)10(19-13)12(18)15-9-7-5-4-6-8-9/h4-8H,3,14H2,1-2H3,(H,15,18). The summed E-state index contributed by atoms with van der Waals surface area (Å²) >= 11 is 1.30. The van der Waals surface area contributed by atoms with E-state index in [2.05, 4.69) is 10.3 Å². The van der Waals surface area contributed by atoms with Crippen LogP contribution in [-0.2, 0) is 0 Å². The van der Waals surface area contributed by atoms with E-state index in [-0.39, 0.29) is 11.7 Å². The third kappa shape index (κ3) is 3.03. The van der Waals surface area contributed by atoms with Crippen molar-refractivity contribution in [1.82, 2.24) is 4.98 Å². The molecular weight excluding hydrogens is 260 g/mol. The minimum absolute atomic E-state index is 0.225. The van der Waals surface area contributed by atoms with Crippen molar-refractivity contribution in [1.29, 1.82) is 0 Å². The van der Waals surface area contributed by atoms with Gasteiger partial charge in [-0.25, -0.2) is 4.98 Å². The predicted molar refractivity (Wildman–Crippen MR) is 79.9 cm³/mol. The Kier molecular flexibility index (Phi) is 4.01. The Morgan fingerprint density at radius 3 is 2.74 bits per heavy atom. The van der Waals surface area contributed by atoms with Gasteiger partial charge < -0.3 is 16.0 Å². The number of aromatic nitrogens is 1. The van der Waals surface area contributed by atoms with Gasteiger partial charge in [-0.05, 0) is 19.1 Å². The number of thiazole rings is 1. The van der Waals surface area contributed by atoms with Crippen molar-refractivity contribution in [2.75, 3.05) is 29.5 Å². The molecule has 0 bridgehead atoms. The summed E-state index contributed by atoms with van der Waals surface area (Å²) in [6.45, 7) is 2.83. The molecule has 0 spiro atoms. The molecule has 100 valence electrons. The molecule has 1 amide bonds. The van der Waals surface area contributed by atoms with Crippen molar-refractivity contribution < 1.29 is 4.79 Å². The molecule has 0 unspecified atom stereocenters. The normalized spacial score (nSPS) is 10.2. The first-order valence-electron chi connectivity index (χ1n) is 5.95. The van der Waals surface area contributed by atoms with Crippen LogP contribution in [0.2, 0.25) is 0 Å². The smallest absolute Gasteiger partial charge is 0.269 e. The summed E-state index contributed by atoms with van der Waals surface area (Å²) < 4.78 is 0. The quantitative estimate of drug-likeness (QED) is 0.899. The number of nitrogens with one attached hydrogen (secondary N) is 1. The largest absolute Gasteiger partial charge is 0.382 e. The fourth-order valence-electron chi connectivity index (χ4n) is 1.49. The Bertz CT molecular complexity index is 567.